The number of nitrogens with one attached hydrogen (secondary N) is 1. The Hall–Kier alpha value is -1.35. The number of rotatable bonds is 4. The van der Waals surface area contributed by atoms with E-state index in [0.717, 1.165) is 36.1 Å². The summed E-state index contributed by atoms with van der Waals surface area (Å²) in [6.45, 7) is 2.34. The highest BCUT2D eigenvalue weighted by molar-refractivity contribution is 5.75. The quantitative estimate of drug-likeness (QED) is 0.750. The zero-order chi connectivity index (χ0) is 10.7. The average molecular weight is 204 g/mol. The first-order valence-electron chi connectivity index (χ1n) is 5.36. The third-order valence-corrected chi connectivity index (χ3v) is 2.51. The molecule has 0 atom stereocenters. The SMILES string of the molecule is Cc1ccc2nc(CCCCO)[nH]c2c1. The largest absolute Gasteiger partial charge is 0.396 e. The average Bonchev–Trinajstić information content (AvgIpc) is 2.60. The van der Waals surface area contributed by atoms with E-state index in [-0.39, 0.29) is 6.61 Å². The summed E-state index contributed by atoms with van der Waals surface area (Å²) >= 11 is 0. The van der Waals surface area contributed by atoms with Crippen LogP contribution in [0.25, 0.3) is 11.0 Å². The molecule has 0 saturated heterocycles. The van der Waals surface area contributed by atoms with Crippen molar-refractivity contribution < 1.29 is 5.11 Å². The van der Waals surface area contributed by atoms with Gasteiger partial charge in [0.1, 0.15) is 5.82 Å². The Morgan fingerprint density at radius 1 is 1.33 bits per heavy atom. The maximum absolute atomic E-state index is 8.69. The van der Waals surface area contributed by atoms with Gasteiger partial charge in [0.25, 0.3) is 0 Å². The molecule has 0 amide bonds. The highest BCUT2D eigenvalue weighted by atomic mass is 16.2. The molecule has 0 saturated carbocycles. The van der Waals surface area contributed by atoms with Gasteiger partial charge < -0.3 is 10.1 Å². The molecule has 0 unspecified atom stereocenters. The van der Waals surface area contributed by atoms with E-state index in [1.165, 1.54) is 5.56 Å². The van der Waals surface area contributed by atoms with E-state index in [0.29, 0.717) is 0 Å². The highest BCUT2D eigenvalue weighted by Crippen LogP contribution is 2.14. The van der Waals surface area contributed by atoms with Gasteiger partial charge in [0.2, 0.25) is 0 Å². The number of imidazole rings is 1. The predicted octanol–water partition coefficient (Wildman–Crippen LogP) is 2.19. The van der Waals surface area contributed by atoms with Gasteiger partial charge >= 0.3 is 0 Å². The lowest BCUT2D eigenvalue weighted by Crippen LogP contribution is -1.90. The van der Waals surface area contributed by atoms with Crippen molar-refractivity contribution in [1.82, 2.24) is 9.97 Å². The third kappa shape index (κ3) is 2.36. The molecule has 80 valence electrons. The lowest BCUT2D eigenvalue weighted by atomic mass is 10.2. The highest BCUT2D eigenvalue weighted by Gasteiger charge is 2.01. The topological polar surface area (TPSA) is 48.9 Å². The molecule has 1 aromatic carbocycles. The molecule has 3 heteroatoms. The lowest BCUT2D eigenvalue weighted by Gasteiger charge is -1.93. The number of hydrogen-bond donors (Lipinski definition) is 2. The van der Waals surface area contributed by atoms with Crippen LogP contribution in [0.5, 0.6) is 0 Å². The van der Waals surface area contributed by atoms with Gasteiger partial charge in [-0.25, -0.2) is 4.98 Å². The smallest absolute Gasteiger partial charge is 0.107 e. The third-order valence-electron chi connectivity index (χ3n) is 2.51. The van der Waals surface area contributed by atoms with Crippen molar-refractivity contribution in [1.29, 1.82) is 0 Å². The maximum atomic E-state index is 8.69. The second-order valence-corrected chi connectivity index (χ2v) is 3.88. The van der Waals surface area contributed by atoms with Crippen LogP contribution >= 0.6 is 0 Å². The van der Waals surface area contributed by atoms with Crippen LogP contribution in [0.3, 0.4) is 0 Å². The van der Waals surface area contributed by atoms with Crippen molar-refractivity contribution in [3.63, 3.8) is 0 Å². The van der Waals surface area contributed by atoms with E-state index < -0.39 is 0 Å². The molecular formula is C12H16N2O. The van der Waals surface area contributed by atoms with Crippen LogP contribution in [-0.2, 0) is 6.42 Å². The van der Waals surface area contributed by atoms with Gasteiger partial charge in [0.15, 0.2) is 0 Å². The number of aryl methyl sites for hydroxylation is 2. The first-order valence-corrected chi connectivity index (χ1v) is 5.36. The zero-order valence-corrected chi connectivity index (χ0v) is 8.95. The molecule has 2 aromatic rings. The minimum absolute atomic E-state index is 0.263. The number of aromatic amines is 1. The monoisotopic (exact) mass is 204 g/mol. The molecule has 0 radical (unpaired) electrons. The first-order chi connectivity index (χ1) is 7.29. The molecule has 0 spiro atoms. The molecule has 15 heavy (non-hydrogen) atoms. The van der Waals surface area contributed by atoms with Crippen LogP contribution in [0.4, 0.5) is 0 Å². The summed E-state index contributed by atoms with van der Waals surface area (Å²) < 4.78 is 0. The molecule has 1 heterocycles. The fourth-order valence-corrected chi connectivity index (χ4v) is 1.70. The number of H-pyrrole nitrogens is 1. The summed E-state index contributed by atoms with van der Waals surface area (Å²) in [5, 5.41) is 8.69. The lowest BCUT2D eigenvalue weighted by molar-refractivity contribution is 0.284. The van der Waals surface area contributed by atoms with Gasteiger partial charge in [-0.15, -0.1) is 0 Å². The number of aliphatic hydroxyl groups is 1. The standard InChI is InChI=1S/C12H16N2O/c1-9-5-6-10-11(8-9)14-12(13-10)4-2-3-7-15/h5-6,8,15H,2-4,7H2,1H3,(H,13,14). The fraction of sp³-hybridized carbons (Fsp3) is 0.417. The first kappa shape index (κ1) is 10.2. The molecule has 2 rings (SSSR count). The molecule has 3 nitrogen and oxygen atoms in total. The predicted molar refractivity (Wildman–Crippen MR) is 60.9 cm³/mol. The van der Waals surface area contributed by atoms with Crippen molar-refractivity contribution in [3.8, 4) is 0 Å². The van der Waals surface area contributed by atoms with E-state index in [9.17, 15) is 0 Å². The van der Waals surface area contributed by atoms with Crippen LogP contribution in [0.15, 0.2) is 18.2 Å². The summed E-state index contributed by atoms with van der Waals surface area (Å²) in [5.74, 6) is 1.02. The number of hydrogen-bond acceptors (Lipinski definition) is 2. The number of nitrogens with zero attached hydrogens (tertiary/aromatic N) is 1. The minimum Gasteiger partial charge on any atom is -0.396 e. The van der Waals surface area contributed by atoms with Gasteiger partial charge in [-0.1, -0.05) is 6.07 Å². The Bertz CT molecular complexity index is 448. The van der Waals surface area contributed by atoms with Gasteiger partial charge in [0, 0.05) is 13.0 Å². The number of unbranched alkanes of at least 4 members (excludes halogenated alkanes) is 1. The second-order valence-electron chi connectivity index (χ2n) is 3.88. The summed E-state index contributed by atoms with van der Waals surface area (Å²) in [6.07, 6.45) is 2.74. The summed E-state index contributed by atoms with van der Waals surface area (Å²) in [7, 11) is 0. The minimum atomic E-state index is 0.263. The van der Waals surface area contributed by atoms with E-state index in [2.05, 4.69) is 29.0 Å². The van der Waals surface area contributed by atoms with Crippen LogP contribution < -0.4 is 0 Å². The second kappa shape index (κ2) is 4.45. The molecule has 0 aliphatic rings. The van der Waals surface area contributed by atoms with E-state index in [1.807, 2.05) is 6.07 Å². The summed E-state index contributed by atoms with van der Waals surface area (Å²) in [6, 6.07) is 6.22. The van der Waals surface area contributed by atoms with Crippen LogP contribution in [0, 0.1) is 6.92 Å². The van der Waals surface area contributed by atoms with E-state index >= 15 is 0 Å². The summed E-state index contributed by atoms with van der Waals surface area (Å²) in [4.78, 5) is 7.79. The molecule has 0 aliphatic heterocycles. The van der Waals surface area contributed by atoms with Crippen molar-refractivity contribution in [2.75, 3.05) is 6.61 Å². The van der Waals surface area contributed by atoms with Crippen LogP contribution in [0.2, 0.25) is 0 Å². The Balaban J connectivity index is 2.16. The number of aromatic nitrogens is 2. The number of fused-ring (bicyclic) bond motifs is 1. The summed E-state index contributed by atoms with van der Waals surface area (Å²) in [5.41, 5.74) is 3.38. The number of aliphatic hydroxyl groups excluding tert-OH is 1. The fourth-order valence-electron chi connectivity index (χ4n) is 1.70. The van der Waals surface area contributed by atoms with Crippen molar-refractivity contribution in [2.45, 2.75) is 26.2 Å². The molecule has 0 fully saturated rings. The Labute approximate surface area is 89.2 Å². The van der Waals surface area contributed by atoms with Crippen LogP contribution in [-0.4, -0.2) is 21.7 Å². The Morgan fingerprint density at radius 3 is 3.00 bits per heavy atom. The van der Waals surface area contributed by atoms with Gasteiger partial charge in [0.05, 0.1) is 11.0 Å². The van der Waals surface area contributed by atoms with E-state index in [1.54, 1.807) is 0 Å². The molecular weight excluding hydrogens is 188 g/mol. The normalized spacial score (nSPS) is 11.1. The molecule has 0 bridgehead atoms. The van der Waals surface area contributed by atoms with Gasteiger partial charge in [-0.2, -0.15) is 0 Å². The van der Waals surface area contributed by atoms with Crippen LogP contribution in [0.1, 0.15) is 24.2 Å². The van der Waals surface area contributed by atoms with Crippen molar-refractivity contribution in [3.05, 3.63) is 29.6 Å². The van der Waals surface area contributed by atoms with Crippen molar-refractivity contribution in [2.24, 2.45) is 0 Å². The zero-order valence-electron chi connectivity index (χ0n) is 8.95. The van der Waals surface area contributed by atoms with Gasteiger partial charge in [-0.05, 0) is 37.5 Å². The van der Waals surface area contributed by atoms with Crippen molar-refractivity contribution >= 4 is 11.0 Å². The maximum Gasteiger partial charge on any atom is 0.107 e. The van der Waals surface area contributed by atoms with Gasteiger partial charge in [-0.3, -0.25) is 0 Å². The van der Waals surface area contributed by atoms with E-state index in [4.69, 9.17) is 5.11 Å². The number of benzene rings is 1. The molecule has 2 N–H and O–H groups in total. The Morgan fingerprint density at radius 2 is 2.20 bits per heavy atom. The Kier molecular flexibility index (Phi) is 3.02. The molecule has 0 aliphatic carbocycles. The molecule has 1 aromatic heterocycles.